The number of rotatable bonds is 3. The van der Waals surface area contributed by atoms with Gasteiger partial charge in [-0.25, -0.2) is 9.78 Å². The second-order valence-corrected chi connectivity index (χ2v) is 5.08. The molecule has 0 aliphatic rings. The summed E-state index contributed by atoms with van der Waals surface area (Å²) in [4.78, 5) is 31.3. The lowest BCUT2D eigenvalue weighted by Crippen LogP contribution is -2.18. The van der Waals surface area contributed by atoms with Crippen LogP contribution in [0, 0.1) is 0 Å². The number of fused-ring (bicyclic) bond motifs is 1. The lowest BCUT2D eigenvalue weighted by atomic mass is 10.2. The van der Waals surface area contributed by atoms with Gasteiger partial charge in [-0.2, -0.15) is 0 Å². The molecule has 0 aliphatic carbocycles. The maximum Gasteiger partial charge on any atom is 0.338 e. The summed E-state index contributed by atoms with van der Waals surface area (Å²) in [5, 5.41) is 11.7. The first kappa shape index (κ1) is 13.2. The molecule has 3 rings (SSSR count). The Morgan fingerprint density at radius 1 is 1.19 bits per heavy atom. The Balaban J connectivity index is 1.91. The predicted molar refractivity (Wildman–Crippen MR) is 78.8 cm³/mol. The smallest absolute Gasteiger partial charge is 0.338 e. The second kappa shape index (κ2) is 5.29. The van der Waals surface area contributed by atoms with Gasteiger partial charge in [-0.3, -0.25) is 9.78 Å². The van der Waals surface area contributed by atoms with Crippen molar-refractivity contribution in [3.05, 3.63) is 53.3 Å². The van der Waals surface area contributed by atoms with E-state index >= 15 is 0 Å². The molecule has 0 bridgehead atoms. The average molecular weight is 299 g/mol. The van der Waals surface area contributed by atoms with E-state index in [-0.39, 0.29) is 11.3 Å². The van der Waals surface area contributed by atoms with Crippen molar-refractivity contribution >= 4 is 39.1 Å². The summed E-state index contributed by atoms with van der Waals surface area (Å²) in [5.74, 6) is -1.75. The molecule has 0 fully saturated rings. The molecule has 1 amide bonds. The summed E-state index contributed by atoms with van der Waals surface area (Å²) in [6, 6.07) is 8.11. The minimum atomic E-state index is -1.19. The third-order valence-corrected chi connectivity index (χ3v) is 3.63. The predicted octanol–water partition coefficient (Wildman–Crippen LogP) is 2.64. The molecule has 0 atom stereocenters. The zero-order valence-corrected chi connectivity index (χ0v) is 11.4. The molecule has 0 saturated heterocycles. The normalized spacial score (nSPS) is 10.5. The molecule has 0 aliphatic heterocycles. The van der Waals surface area contributed by atoms with Crippen LogP contribution in [0.2, 0.25) is 0 Å². The highest BCUT2D eigenvalue weighted by molar-refractivity contribution is 7.16. The van der Waals surface area contributed by atoms with E-state index < -0.39 is 11.9 Å². The van der Waals surface area contributed by atoms with Crippen LogP contribution in [0.25, 0.3) is 10.2 Å². The van der Waals surface area contributed by atoms with Gasteiger partial charge in [0.25, 0.3) is 5.91 Å². The molecule has 104 valence electrons. The van der Waals surface area contributed by atoms with Crippen molar-refractivity contribution in [3.8, 4) is 0 Å². The van der Waals surface area contributed by atoms with Crippen LogP contribution in [0.1, 0.15) is 20.8 Å². The Morgan fingerprint density at radius 3 is 2.86 bits per heavy atom. The second-order valence-electron chi connectivity index (χ2n) is 4.19. The maximum absolute atomic E-state index is 12.2. The Bertz CT molecular complexity index is 844. The lowest BCUT2D eigenvalue weighted by molar-refractivity contribution is 0.0691. The number of aromatic nitrogens is 2. The molecule has 2 aromatic heterocycles. The van der Waals surface area contributed by atoms with Gasteiger partial charge in [0.15, 0.2) is 0 Å². The molecule has 0 radical (unpaired) electrons. The van der Waals surface area contributed by atoms with E-state index in [1.54, 1.807) is 23.7 Å². The fourth-order valence-electron chi connectivity index (χ4n) is 1.88. The Labute approximate surface area is 123 Å². The van der Waals surface area contributed by atoms with Crippen molar-refractivity contribution in [2.45, 2.75) is 0 Å². The third kappa shape index (κ3) is 2.59. The number of nitrogens with one attached hydrogen (secondary N) is 1. The fraction of sp³-hybridized carbons (Fsp3) is 0. The van der Waals surface area contributed by atoms with Crippen molar-refractivity contribution in [1.29, 1.82) is 0 Å². The number of benzene rings is 1. The van der Waals surface area contributed by atoms with Crippen molar-refractivity contribution < 1.29 is 14.7 Å². The van der Waals surface area contributed by atoms with E-state index in [0.717, 1.165) is 10.2 Å². The molecular formula is C14H9N3O3S. The Kier molecular flexibility index (Phi) is 3.33. The summed E-state index contributed by atoms with van der Waals surface area (Å²) in [7, 11) is 0. The highest BCUT2D eigenvalue weighted by atomic mass is 32.1. The van der Waals surface area contributed by atoms with Crippen molar-refractivity contribution in [2.75, 3.05) is 5.32 Å². The molecule has 3 aromatic rings. The number of carboxylic acid groups (broad SMARTS) is 1. The van der Waals surface area contributed by atoms with Crippen LogP contribution in [-0.2, 0) is 0 Å². The number of anilines is 1. The van der Waals surface area contributed by atoms with E-state index in [0.29, 0.717) is 5.69 Å². The number of aromatic carboxylic acids is 1. The minimum absolute atomic E-state index is 0.116. The quantitative estimate of drug-likeness (QED) is 0.775. The minimum Gasteiger partial charge on any atom is -0.478 e. The summed E-state index contributed by atoms with van der Waals surface area (Å²) < 4.78 is 0.937. The third-order valence-electron chi connectivity index (χ3n) is 2.84. The average Bonchev–Trinajstić information content (AvgIpc) is 2.94. The van der Waals surface area contributed by atoms with E-state index in [1.807, 2.05) is 0 Å². The van der Waals surface area contributed by atoms with Gasteiger partial charge < -0.3 is 10.4 Å². The van der Waals surface area contributed by atoms with Gasteiger partial charge in [-0.1, -0.05) is 0 Å². The van der Waals surface area contributed by atoms with E-state index in [2.05, 4.69) is 15.3 Å². The van der Waals surface area contributed by atoms with Crippen LogP contribution in [0.15, 0.2) is 42.0 Å². The molecule has 0 spiro atoms. The summed E-state index contributed by atoms with van der Waals surface area (Å²) in [6.07, 6.45) is 1.38. The van der Waals surface area contributed by atoms with Crippen molar-refractivity contribution in [3.63, 3.8) is 0 Å². The zero-order chi connectivity index (χ0) is 14.8. The maximum atomic E-state index is 12.2. The van der Waals surface area contributed by atoms with Gasteiger partial charge >= 0.3 is 5.97 Å². The SMILES string of the molecule is O=C(O)c1cccnc1C(=O)Nc1ccc2ncsc2c1. The largest absolute Gasteiger partial charge is 0.478 e. The Morgan fingerprint density at radius 2 is 2.05 bits per heavy atom. The molecule has 2 N–H and O–H groups in total. The van der Waals surface area contributed by atoms with Gasteiger partial charge in [0.05, 0.1) is 21.3 Å². The monoisotopic (exact) mass is 299 g/mol. The molecule has 1 aromatic carbocycles. The van der Waals surface area contributed by atoms with Crippen LogP contribution < -0.4 is 5.32 Å². The topological polar surface area (TPSA) is 92.2 Å². The van der Waals surface area contributed by atoms with Gasteiger partial charge in [0, 0.05) is 11.9 Å². The Hall–Kier alpha value is -2.80. The number of carbonyl (C=O) groups excluding carboxylic acids is 1. The first-order valence-corrected chi connectivity index (χ1v) is 6.86. The standard InChI is InChI=1S/C14H9N3O3S/c18-13(12-9(14(19)20)2-1-5-15-12)17-8-3-4-10-11(6-8)21-7-16-10/h1-7H,(H,17,18)(H,19,20). The zero-order valence-electron chi connectivity index (χ0n) is 10.6. The van der Waals surface area contributed by atoms with Gasteiger partial charge in [0.2, 0.25) is 0 Å². The molecular weight excluding hydrogens is 290 g/mol. The molecule has 21 heavy (non-hydrogen) atoms. The van der Waals surface area contributed by atoms with Crippen molar-refractivity contribution in [1.82, 2.24) is 9.97 Å². The fourth-order valence-corrected chi connectivity index (χ4v) is 2.60. The molecule has 0 unspecified atom stereocenters. The number of thiazole rings is 1. The van der Waals surface area contributed by atoms with Crippen LogP contribution in [0.3, 0.4) is 0 Å². The lowest BCUT2D eigenvalue weighted by Gasteiger charge is -2.06. The molecule has 6 nitrogen and oxygen atoms in total. The van der Waals surface area contributed by atoms with E-state index in [9.17, 15) is 9.59 Å². The van der Waals surface area contributed by atoms with Crippen LogP contribution in [-0.4, -0.2) is 27.0 Å². The molecule has 0 saturated carbocycles. The number of amides is 1. The van der Waals surface area contributed by atoms with Gasteiger partial charge in [-0.05, 0) is 30.3 Å². The molecule has 7 heteroatoms. The van der Waals surface area contributed by atoms with E-state index in [4.69, 9.17) is 5.11 Å². The first-order chi connectivity index (χ1) is 10.1. The number of pyridine rings is 1. The summed E-state index contributed by atoms with van der Waals surface area (Å²) in [6.45, 7) is 0. The van der Waals surface area contributed by atoms with Gasteiger partial charge in [-0.15, -0.1) is 11.3 Å². The summed E-state index contributed by atoms with van der Waals surface area (Å²) in [5.41, 5.74) is 2.89. The number of carboxylic acids is 1. The summed E-state index contributed by atoms with van der Waals surface area (Å²) >= 11 is 1.46. The highest BCUT2D eigenvalue weighted by Gasteiger charge is 2.17. The van der Waals surface area contributed by atoms with Crippen molar-refractivity contribution in [2.24, 2.45) is 0 Å². The number of carbonyl (C=O) groups is 2. The molecule has 2 heterocycles. The van der Waals surface area contributed by atoms with Crippen LogP contribution >= 0.6 is 11.3 Å². The number of hydrogen-bond donors (Lipinski definition) is 2. The van der Waals surface area contributed by atoms with Crippen LogP contribution in [0.4, 0.5) is 5.69 Å². The first-order valence-electron chi connectivity index (χ1n) is 5.98. The van der Waals surface area contributed by atoms with E-state index in [1.165, 1.54) is 29.7 Å². The number of nitrogens with zero attached hydrogens (tertiary/aromatic N) is 2. The van der Waals surface area contributed by atoms with Crippen LogP contribution in [0.5, 0.6) is 0 Å². The highest BCUT2D eigenvalue weighted by Crippen LogP contribution is 2.22. The number of hydrogen-bond acceptors (Lipinski definition) is 5. The van der Waals surface area contributed by atoms with Gasteiger partial charge in [0.1, 0.15) is 5.69 Å².